The number of anilines is 1. The van der Waals surface area contributed by atoms with E-state index >= 15 is 0 Å². The minimum absolute atomic E-state index is 0.0398. The Labute approximate surface area is 181 Å². The number of furan rings is 1. The SMILES string of the molecule is CCCN(C(=O)C1CCN(c2oc(-c3ccco3)nc2C#N)CC1)C1CCS(=O)(=O)C1. The molecule has 0 N–H and O–H groups in total. The highest BCUT2D eigenvalue weighted by molar-refractivity contribution is 7.91. The fourth-order valence-electron chi connectivity index (χ4n) is 4.40. The quantitative estimate of drug-likeness (QED) is 0.663. The van der Waals surface area contributed by atoms with E-state index in [1.54, 1.807) is 17.0 Å². The van der Waals surface area contributed by atoms with E-state index in [1.807, 2.05) is 11.8 Å². The summed E-state index contributed by atoms with van der Waals surface area (Å²) in [5.41, 5.74) is 0.194. The van der Waals surface area contributed by atoms with Gasteiger partial charge >= 0.3 is 0 Å². The molecule has 0 aromatic carbocycles. The zero-order valence-electron chi connectivity index (χ0n) is 17.5. The molecule has 0 saturated carbocycles. The maximum Gasteiger partial charge on any atom is 0.266 e. The van der Waals surface area contributed by atoms with Gasteiger partial charge in [-0.15, -0.1) is 0 Å². The van der Waals surface area contributed by atoms with E-state index in [2.05, 4.69) is 11.1 Å². The molecule has 2 aliphatic rings. The number of carbonyl (C=O) groups is 1. The zero-order valence-corrected chi connectivity index (χ0v) is 18.3. The summed E-state index contributed by atoms with van der Waals surface area (Å²) in [5, 5.41) is 9.46. The van der Waals surface area contributed by atoms with Crippen molar-refractivity contribution in [1.82, 2.24) is 9.88 Å². The smallest absolute Gasteiger partial charge is 0.266 e. The van der Waals surface area contributed by atoms with Crippen LogP contribution in [0.2, 0.25) is 0 Å². The number of carbonyl (C=O) groups excluding carboxylic acids is 1. The molecule has 4 heterocycles. The summed E-state index contributed by atoms with van der Waals surface area (Å²) in [6.07, 6.45) is 4.05. The number of hydrogen-bond acceptors (Lipinski definition) is 8. The highest BCUT2D eigenvalue weighted by Crippen LogP contribution is 2.32. The van der Waals surface area contributed by atoms with E-state index in [4.69, 9.17) is 8.83 Å². The molecule has 0 aliphatic carbocycles. The van der Waals surface area contributed by atoms with Gasteiger partial charge in [0, 0.05) is 31.6 Å². The summed E-state index contributed by atoms with van der Waals surface area (Å²) in [5.74, 6) is 1.20. The average Bonchev–Trinajstić information content (AvgIpc) is 3.50. The zero-order chi connectivity index (χ0) is 22.0. The summed E-state index contributed by atoms with van der Waals surface area (Å²) in [4.78, 5) is 21.2. The number of hydrogen-bond donors (Lipinski definition) is 0. The van der Waals surface area contributed by atoms with Gasteiger partial charge in [-0.05, 0) is 37.8 Å². The first-order valence-electron chi connectivity index (χ1n) is 10.6. The van der Waals surface area contributed by atoms with Gasteiger partial charge in [0.25, 0.3) is 5.89 Å². The van der Waals surface area contributed by atoms with Crippen molar-refractivity contribution in [2.75, 3.05) is 36.0 Å². The Balaban J connectivity index is 1.43. The Morgan fingerprint density at radius 1 is 1.35 bits per heavy atom. The summed E-state index contributed by atoms with van der Waals surface area (Å²) in [6.45, 7) is 3.68. The predicted octanol–water partition coefficient (Wildman–Crippen LogP) is 2.45. The first-order valence-corrected chi connectivity index (χ1v) is 12.4. The van der Waals surface area contributed by atoms with Crippen LogP contribution in [0.3, 0.4) is 0 Å². The number of piperidine rings is 1. The van der Waals surface area contributed by atoms with Crippen molar-refractivity contribution in [3.63, 3.8) is 0 Å². The molecule has 2 fully saturated rings. The van der Waals surface area contributed by atoms with Crippen LogP contribution in [0.5, 0.6) is 0 Å². The van der Waals surface area contributed by atoms with Gasteiger partial charge < -0.3 is 18.6 Å². The number of rotatable bonds is 6. The molecule has 2 aromatic heterocycles. The van der Waals surface area contributed by atoms with Gasteiger partial charge in [0.2, 0.25) is 17.5 Å². The van der Waals surface area contributed by atoms with Crippen LogP contribution in [0.1, 0.15) is 38.3 Å². The van der Waals surface area contributed by atoms with Crippen molar-refractivity contribution in [1.29, 1.82) is 5.26 Å². The van der Waals surface area contributed by atoms with Crippen LogP contribution >= 0.6 is 0 Å². The second-order valence-corrected chi connectivity index (χ2v) is 10.3. The van der Waals surface area contributed by atoms with Crippen molar-refractivity contribution >= 4 is 21.6 Å². The number of nitriles is 1. The molecule has 4 rings (SSSR count). The lowest BCUT2D eigenvalue weighted by Gasteiger charge is -2.36. The Hall–Kier alpha value is -2.80. The van der Waals surface area contributed by atoms with Crippen LogP contribution in [-0.2, 0) is 14.6 Å². The van der Waals surface area contributed by atoms with E-state index < -0.39 is 9.84 Å². The second kappa shape index (κ2) is 8.75. The largest absolute Gasteiger partial charge is 0.459 e. The van der Waals surface area contributed by atoms with Gasteiger partial charge in [0.15, 0.2) is 15.6 Å². The standard InChI is InChI=1S/C21H26N4O5S/c1-2-8-25(16-7-12-31(27,28)14-16)20(26)15-5-9-24(10-6-15)21-17(13-22)23-19(30-21)18-4-3-11-29-18/h3-4,11,15-16H,2,5-10,12,14H2,1H3. The van der Waals surface area contributed by atoms with Gasteiger partial charge in [-0.3, -0.25) is 4.79 Å². The van der Waals surface area contributed by atoms with Crippen molar-refractivity contribution in [2.24, 2.45) is 5.92 Å². The molecule has 2 aliphatic heterocycles. The molecule has 0 bridgehead atoms. The van der Waals surface area contributed by atoms with Crippen LogP contribution in [0, 0.1) is 17.2 Å². The first kappa shape index (κ1) is 21.4. The third-order valence-corrected chi connectivity index (χ3v) is 7.73. The second-order valence-electron chi connectivity index (χ2n) is 8.11. The van der Waals surface area contributed by atoms with Gasteiger partial charge in [0.1, 0.15) is 6.07 Å². The first-order chi connectivity index (χ1) is 14.9. The van der Waals surface area contributed by atoms with Gasteiger partial charge in [-0.25, -0.2) is 8.42 Å². The third-order valence-electron chi connectivity index (χ3n) is 5.98. The molecular formula is C21H26N4O5S. The molecule has 9 nitrogen and oxygen atoms in total. The topological polar surface area (TPSA) is 121 Å². The van der Waals surface area contributed by atoms with Crippen LogP contribution in [-0.4, -0.2) is 61.4 Å². The van der Waals surface area contributed by atoms with Crippen molar-refractivity contribution in [3.05, 3.63) is 24.1 Å². The van der Waals surface area contributed by atoms with E-state index in [0.29, 0.717) is 50.5 Å². The fourth-order valence-corrected chi connectivity index (χ4v) is 6.13. The molecule has 31 heavy (non-hydrogen) atoms. The average molecular weight is 447 g/mol. The lowest BCUT2D eigenvalue weighted by Crippen LogP contribution is -2.47. The summed E-state index contributed by atoms with van der Waals surface area (Å²) in [6, 6.07) is 5.29. The number of amides is 1. The lowest BCUT2D eigenvalue weighted by molar-refractivity contribution is -0.138. The van der Waals surface area contributed by atoms with Crippen molar-refractivity contribution in [3.8, 4) is 17.7 Å². The van der Waals surface area contributed by atoms with Crippen molar-refractivity contribution in [2.45, 2.75) is 38.6 Å². The van der Waals surface area contributed by atoms with Gasteiger partial charge in [-0.1, -0.05) is 6.92 Å². The Kier molecular flexibility index (Phi) is 6.05. The minimum atomic E-state index is -3.05. The summed E-state index contributed by atoms with van der Waals surface area (Å²) >= 11 is 0. The van der Waals surface area contributed by atoms with Crippen LogP contribution < -0.4 is 4.90 Å². The van der Waals surface area contributed by atoms with E-state index in [9.17, 15) is 18.5 Å². The Bertz CT molecular complexity index is 1060. The monoisotopic (exact) mass is 446 g/mol. The Morgan fingerprint density at radius 3 is 2.71 bits per heavy atom. The number of oxazole rings is 1. The number of nitrogens with zero attached hydrogens (tertiary/aromatic N) is 4. The normalized spacial score (nSPS) is 21.2. The highest BCUT2D eigenvalue weighted by Gasteiger charge is 2.38. The molecule has 2 aromatic rings. The predicted molar refractivity (Wildman–Crippen MR) is 113 cm³/mol. The van der Waals surface area contributed by atoms with Crippen LogP contribution in [0.4, 0.5) is 5.88 Å². The molecule has 10 heteroatoms. The molecule has 1 atom stereocenters. The van der Waals surface area contributed by atoms with Crippen molar-refractivity contribution < 1.29 is 22.0 Å². The summed E-state index contributed by atoms with van der Waals surface area (Å²) in [7, 11) is -3.05. The molecule has 2 saturated heterocycles. The molecule has 166 valence electrons. The number of aromatic nitrogens is 1. The maximum atomic E-state index is 13.2. The highest BCUT2D eigenvalue weighted by atomic mass is 32.2. The molecule has 0 spiro atoms. The third kappa shape index (κ3) is 4.46. The van der Waals surface area contributed by atoms with E-state index in [-0.39, 0.29) is 41.0 Å². The van der Waals surface area contributed by atoms with E-state index in [0.717, 1.165) is 6.42 Å². The maximum absolute atomic E-state index is 13.2. The fraction of sp³-hybridized carbons (Fsp3) is 0.571. The van der Waals surface area contributed by atoms with Crippen LogP contribution in [0.25, 0.3) is 11.7 Å². The lowest BCUT2D eigenvalue weighted by atomic mass is 9.94. The summed E-state index contributed by atoms with van der Waals surface area (Å²) < 4.78 is 34.9. The van der Waals surface area contributed by atoms with Gasteiger partial charge in [-0.2, -0.15) is 10.2 Å². The molecule has 1 unspecified atom stereocenters. The minimum Gasteiger partial charge on any atom is -0.459 e. The van der Waals surface area contributed by atoms with E-state index in [1.165, 1.54) is 6.26 Å². The number of sulfone groups is 1. The molecular weight excluding hydrogens is 420 g/mol. The Morgan fingerprint density at radius 2 is 2.13 bits per heavy atom. The molecule has 0 radical (unpaired) electrons. The molecule has 1 amide bonds. The van der Waals surface area contributed by atoms with Gasteiger partial charge in [0.05, 0.1) is 17.8 Å². The van der Waals surface area contributed by atoms with Crippen LogP contribution in [0.15, 0.2) is 27.2 Å².